The van der Waals surface area contributed by atoms with Crippen molar-refractivity contribution < 1.29 is 13.9 Å². The summed E-state index contributed by atoms with van der Waals surface area (Å²) in [6, 6.07) is 21.8. The Kier molecular flexibility index (Phi) is 4.19. The summed E-state index contributed by atoms with van der Waals surface area (Å²) in [4.78, 5) is 12.0. The Morgan fingerprint density at radius 2 is 1.38 bits per heavy atom. The SMILES string of the molecule is O=C(COc1ccccc1F)NN=C1c2ccccc2-c2ccccc21. The zero-order valence-corrected chi connectivity index (χ0v) is 13.8. The first-order valence-electron chi connectivity index (χ1n) is 8.17. The van der Waals surface area contributed by atoms with Gasteiger partial charge in [0.15, 0.2) is 18.2 Å². The molecule has 0 radical (unpaired) electrons. The highest BCUT2D eigenvalue weighted by molar-refractivity contribution is 6.24. The number of rotatable bonds is 4. The molecule has 1 aliphatic carbocycles. The van der Waals surface area contributed by atoms with Crippen LogP contribution < -0.4 is 10.2 Å². The fraction of sp³-hybridized carbons (Fsp3) is 0.0476. The number of fused-ring (bicyclic) bond motifs is 3. The number of nitrogens with zero attached hydrogens (tertiary/aromatic N) is 1. The van der Waals surface area contributed by atoms with E-state index in [0.717, 1.165) is 22.3 Å². The van der Waals surface area contributed by atoms with Crippen LogP contribution in [0.25, 0.3) is 11.1 Å². The van der Waals surface area contributed by atoms with Crippen LogP contribution in [-0.4, -0.2) is 18.2 Å². The average Bonchev–Trinajstić information content (AvgIpc) is 3.00. The number of hydrazone groups is 1. The molecule has 0 spiro atoms. The molecule has 128 valence electrons. The van der Waals surface area contributed by atoms with E-state index in [9.17, 15) is 9.18 Å². The van der Waals surface area contributed by atoms with E-state index in [1.165, 1.54) is 12.1 Å². The van der Waals surface area contributed by atoms with Crippen molar-refractivity contribution in [3.8, 4) is 16.9 Å². The molecule has 0 aliphatic heterocycles. The maximum absolute atomic E-state index is 13.5. The third-order valence-electron chi connectivity index (χ3n) is 4.14. The summed E-state index contributed by atoms with van der Waals surface area (Å²) in [6.07, 6.45) is 0. The summed E-state index contributed by atoms with van der Waals surface area (Å²) >= 11 is 0. The normalized spacial score (nSPS) is 11.5. The quantitative estimate of drug-likeness (QED) is 0.572. The average molecular weight is 346 g/mol. The summed E-state index contributed by atoms with van der Waals surface area (Å²) in [5, 5.41) is 4.28. The molecular formula is C21H15FN2O2. The predicted octanol–water partition coefficient (Wildman–Crippen LogP) is 3.75. The van der Waals surface area contributed by atoms with Crippen LogP contribution in [-0.2, 0) is 4.79 Å². The molecule has 26 heavy (non-hydrogen) atoms. The molecule has 5 heteroatoms. The van der Waals surface area contributed by atoms with E-state index in [2.05, 4.69) is 10.5 Å². The highest BCUT2D eigenvalue weighted by atomic mass is 19.1. The summed E-state index contributed by atoms with van der Waals surface area (Å²) in [5.41, 5.74) is 7.29. The van der Waals surface area contributed by atoms with Gasteiger partial charge >= 0.3 is 0 Å². The monoisotopic (exact) mass is 346 g/mol. The fourth-order valence-corrected chi connectivity index (χ4v) is 2.97. The van der Waals surface area contributed by atoms with E-state index >= 15 is 0 Å². The van der Waals surface area contributed by atoms with Crippen LogP contribution in [0.15, 0.2) is 77.9 Å². The van der Waals surface area contributed by atoms with Gasteiger partial charge in [0.1, 0.15) is 0 Å². The third kappa shape index (κ3) is 2.95. The van der Waals surface area contributed by atoms with E-state index < -0.39 is 11.7 Å². The lowest BCUT2D eigenvalue weighted by Crippen LogP contribution is -2.26. The Hall–Kier alpha value is -3.47. The lowest BCUT2D eigenvalue weighted by molar-refractivity contribution is -0.123. The smallest absolute Gasteiger partial charge is 0.277 e. The first-order chi connectivity index (χ1) is 12.7. The number of para-hydroxylation sites is 1. The van der Waals surface area contributed by atoms with Crippen molar-refractivity contribution in [1.82, 2.24) is 5.43 Å². The molecule has 4 nitrogen and oxygen atoms in total. The highest BCUT2D eigenvalue weighted by Crippen LogP contribution is 2.36. The minimum absolute atomic E-state index is 0.0341. The van der Waals surface area contributed by atoms with Gasteiger partial charge in [-0.1, -0.05) is 60.7 Å². The van der Waals surface area contributed by atoms with Crippen LogP contribution in [0.1, 0.15) is 11.1 Å². The van der Waals surface area contributed by atoms with Crippen LogP contribution >= 0.6 is 0 Å². The molecular weight excluding hydrogens is 331 g/mol. The Bertz CT molecular complexity index is 967. The number of ether oxygens (including phenoxy) is 1. The van der Waals surface area contributed by atoms with Crippen LogP contribution in [0, 0.1) is 5.82 Å². The molecule has 1 amide bonds. The van der Waals surface area contributed by atoms with Gasteiger partial charge in [-0.2, -0.15) is 5.10 Å². The van der Waals surface area contributed by atoms with Crippen LogP contribution in [0.2, 0.25) is 0 Å². The first-order valence-corrected chi connectivity index (χ1v) is 8.17. The first kappa shape index (κ1) is 16.0. The maximum atomic E-state index is 13.5. The molecule has 1 N–H and O–H groups in total. The Balaban J connectivity index is 1.52. The number of amides is 1. The molecule has 0 saturated carbocycles. The van der Waals surface area contributed by atoms with Crippen molar-refractivity contribution in [2.45, 2.75) is 0 Å². The topological polar surface area (TPSA) is 50.7 Å². The van der Waals surface area contributed by atoms with Gasteiger partial charge in [0.2, 0.25) is 0 Å². The second-order valence-corrected chi connectivity index (χ2v) is 5.81. The fourth-order valence-electron chi connectivity index (χ4n) is 2.97. The molecule has 3 aromatic carbocycles. The molecule has 0 bridgehead atoms. The Labute approximate surface area is 149 Å². The molecule has 3 aromatic rings. The standard InChI is InChI=1S/C21H15FN2O2/c22-18-11-5-6-12-19(18)26-13-20(25)23-24-21-16-9-3-1-7-14(16)15-8-2-4-10-17(15)21/h1-12H,13H2,(H,23,25). The third-order valence-corrected chi connectivity index (χ3v) is 4.14. The van der Waals surface area contributed by atoms with Gasteiger partial charge in [0.25, 0.3) is 5.91 Å². The largest absolute Gasteiger partial charge is 0.481 e. The number of carbonyl (C=O) groups is 1. The van der Waals surface area contributed by atoms with E-state index in [4.69, 9.17) is 4.74 Å². The van der Waals surface area contributed by atoms with Gasteiger partial charge < -0.3 is 4.74 Å². The molecule has 0 heterocycles. The van der Waals surface area contributed by atoms with Gasteiger partial charge in [0.05, 0.1) is 5.71 Å². The van der Waals surface area contributed by atoms with E-state index in [1.807, 2.05) is 48.5 Å². The van der Waals surface area contributed by atoms with Crippen molar-refractivity contribution in [1.29, 1.82) is 0 Å². The van der Waals surface area contributed by atoms with E-state index in [0.29, 0.717) is 5.71 Å². The molecule has 0 aromatic heterocycles. The van der Waals surface area contributed by atoms with Crippen molar-refractivity contribution in [3.05, 3.63) is 89.7 Å². The number of hydrogen-bond acceptors (Lipinski definition) is 3. The Morgan fingerprint density at radius 3 is 2.00 bits per heavy atom. The maximum Gasteiger partial charge on any atom is 0.277 e. The molecule has 0 unspecified atom stereocenters. The number of halogens is 1. The Morgan fingerprint density at radius 1 is 0.846 bits per heavy atom. The number of nitrogens with one attached hydrogen (secondary N) is 1. The number of hydrogen-bond donors (Lipinski definition) is 1. The highest BCUT2D eigenvalue weighted by Gasteiger charge is 2.24. The van der Waals surface area contributed by atoms with Gasteiger partial charge in [-0.15, -0.1) is 0 Å². The van der Waals surface area contributed by atoms with E-state index in [1.54, 1.807) is 12.1 Å². The molecule has 1 aliphatic rings. The lowest BCUT2D eigenvalue weighted by Gasteiger charge is -2.06. The second kappa shape index (κ2) is 6.80. The van der Waals surface area contributed by atoms with Gasteiger partial charge in [-0.05, 0) is 23.3 Å². The van der Waals surface area contributed by atoms with Crippen molar-refractivity contribution in [3.63, 3.8) is 0 Å². The summed E-state index contributed by atoms with van der Waals surface area (Å²) in [5.74, 6) is -0.931. The van der Waals surface area contributed by atoms with E-state index in [-0.39, 0.29) is 12.4 Å². The predicted molar refractivity (Wildman–Crippen MR) is 97.6 cm³/mol. The number of carbonyl (C=O) groups excluding carboxylic acids is 1. The van der Waals surface area contributed by atoms with Crippen molar-refractivity contribution >= 4 is 11.6 Å². The molecule has 0 fully saturated rings. The summed E-state index contributed by atoms with van der Waals surface area (Å²) in [7, 11) is 0. The van der Waals surface area contributed by atoms with Gasteiger partial charge in [-0.25, -0.2) is 9.82 Å². The van der Waals surface area contributed by atoms with Crippen LogP contribution in [0.4, 0.5) is 4.39 Å². The minimum Gasteiger partial charge on any atom is -0.481 e. The molecule has 0 saturated heterocycles. The van der Waals surface area contributed by atoms with Crippen molar-refractivity contribution in [2.24, 2.45) is 5.10 Å². The zero-order chi connectivity index (χ0) is 17.9. The van der Waals surface area contributed by atoms with Crippen molar-refractivity contribution in [2.75, 3.05) is 6.61 Å². The molecule has 0 atom stereocenters. The summed E-state index contributed by atoms with van der Waals surface area (Å²) in [6.45, 7) is -0.318. The van der Waals surface area contributed by atoms with Gasteiger partial charge in [-0.3, -0.25) is 4.79 Å². The minimum atomic E-state index is -0.509. The van der Waals surface area contributed by atoms with Crippen LogP contribution in [0.5, 0.6) is 5.75 Å². The second-order valence-electron chi connectivity index (χ2n) is 5.81. The summed E-state index contributed by atoms with van der Waals surface area (Å²) < 4.78 is 18.7. The van der Waals surface area contributed by atoms with Crippen LogP contribution in [0.3, 0.4) is 0 Å². The lowest BCUT2D eigenvalue weighted by atomic mass is 10.1. The number of benzene rings is 3. The molecule has 4 rings (SSSR count). The zero-order valence-electron chi connectivity index (χ0n) is 13.8. The van der Waals surface area contributed by atoms with Gasteiger partial charge in [0, 0.05) is 11.1 Å².